The zero-order valence-corrected chi connectivity index (χ0v) is 23.1. The van der Waals surface area contributed by atoms with Gasteiger partial charge in [0.1, 0.15) is 17.3 Å². The van der Waals surface area contributed by atoms with E-state index in [1.165, 1.54) is 6.20 Å². The van der Waals surface area contributed by atoms with Crippen LogP contribution in [-0.4, -0.2) is 94.5 Å². The Morgan fingerprint density at radius 1 is 1.21 bits per heavy atom. The summed E-state index contributed by atoms with van der Waals surface area (Å²) in [5, 5.41) is 12.8. The highest BCUT2D eigenvalue weighted by atomic mass is 16.6. The van der Waals surface area contributed by atoms with Gasteiger partial charge in [-0.05, 0) is 45.2 Å². The number of pyridine rings is 1. The molecule has 0 spiro atoms. The number of aryl methyl sites for hydroxylation is 2. The summed E-state index contributed by atoms with van der Waals surface area (Å²) >= 11 is 0. The number of piperazine rings is 1. The first-order valence-electron chi connectivity index (χ1n) is 13.1. The summed E-state index contributed by atoms with van der Waals surface area (Å²) in [7, 11) is 0. The molecule has 11 heteroatoms. The number of carbonyl (C=O) groups is 2. The van der Waals surface area contributed by atoms with E-state index in [9.17, 15) is 14.7 Å². The maximum Gasteiger partial charge on any atom is 0.337 e. The van der Waals surface area contributed by atoms with Gasteiger partial charge in [-0.2, -0.15) is 0 Å². The molecule has 4 heterocycles. The minimum atomic E-state index is -0.978. The Balaban J connectivity index is 1.49. The van der Waals surface area contributed by atoms with Crippen LogP contribution in [0.15, 0.2) is 12.3 Å². The molecule has 2 saturated heterocycles. The fourth-order valence-electron chi connectivity index (χ4n) is 5.07. The van der Waals surface area contributed by atoms with E-state index in [4.69, 9.17) is 14.5 Å². The normalized spacial score (nSPS) is 19.5. The summed E-state index contributed by atoms with van der Waals surface area (Å²) < 4.78 is 11.2. The molecule has 1 amide bonds. The molecule has 2 fully saturated rings. The van der Waals surface area contributed by atoms with Crippen LogP contribution in [0.2, 0.25) is 0 Å². The highest BCUT2D eigenvalue weighted by molar-refractivity contribution is 5.93. The third-order valence-corrected chi connectivity index (χ3v) is 7.02. The van der Waals surface area contributed by atoms with Gasteiger partial charge in [0.05, 0.1) is 54.6 Å². The molecule has 11 nitrogen and oxygen atoms in total. The van der Waals surface area contributed by atoms with Crippen LogP contribution in [0.25, 0.3) is 0 Å². The largest absolute Gasteiger partial charge is 0.478 e. The van der Waals surface area contributed by atoms with Gasteiger partial charge in [-0.15, -0.1) is 0 Å². The van der Waals surface area contributed by atoms with Crippen molar-refractivity contribution in [2.45, 2.75) is 59.1 Å². The lowest BCUT2D eigenvalue weighted by molar-refractivity contribution is -0.0819. The van der Waals surface area contributed by atoms with Crippen LogP contribution in [0.5, 0.6) is 0 Å². The Morgan fingerprint density at radius 3 is 2.58 bits per heavy atom. The molecule has 1 atom stereocenters. The van der Waals surface area contributed by atoms with Crippen molar-refractivity contribution < 1.29 is 24.2 Å². The Morgan fingerprint density at radius 2 is 1.97 bits per heavy atom. The molecule has 2 aromatic heterocycles. The van der Waals surface area contributed by atoms with Crippen molar-refractivity contribution in [1.82, 2.24) is 19.9 Å². The molecular weight excluding hydrogens is 488 g/mol. The summed E-state index contributed by atoms with van der Waals surface area (Å²) in [5.74, 6) is 0.291. The molecule has 4 rings (SSSR count). The second kappa shape index (κ2) is 11.2. The molecule has 38 heavy (non-hydrogen) atoms. The number of hydrogen-bond donors (Lipinski definition) is 2. The van der Waals surface area contributed by atoms with E-state index in [2.05, 4.69) is 20.2 Å². The number of amides is 1. The predicted octanol–water partition coefficient (Wildman–Crippen LogP) is 2.88. The first-order valence-corrected chi connectivity index (χ1v) is 13.1. The third kappa shape index (κ3) is 5.88. The van der Waals surface area contributed by atoms with E-state index < -0.39 is 11.5 Å². The SMILES string of the molecule is Cc1cc(N2CCN(C(=O)c3cnc(NCC4COCCO4)c(C(C)C)n3)C(C)(C)C2)nc(C)c1C(=O)O. The van der Waals surface area contributed by atoms with Crippen molar-refractivity contribution in [2.24, 2.45) is 0 Å². The molecule has 0 aliphatic carbocycles. The smallest absolute Gasteiger partial charge is 0.337 e. The average Bonchev–Trinajstić information content (AvgIpc) is 2.86. The average molecular weight is 527 g/mol. The van der Waals surface area contributed by atoms with Crippen LogP contribution in [0.1, 0.15) is 71.4 Å². The molecule has 0 aromatic carbocycles. The maximum atomic E-state index is 13.6. The van der Waals surface area contributed by atoms with Gasteiger partial charge >= 0.3 is 5.97 Å². The van der Waals surface area contributed by atoms with Crippen LogP contribution in [0.3, 0.4) is 0 Å². The molecule has 0 radical (unpaired) electrons. The van der Waals surface area contributed by atoms with Crippen molar-refractivity contribution >= 4 is 23.5 Å². The number of nitrogens with zero attached hydrogens (tertiary/aromatic N) is 5. The van der Waals surface area contributed by atoms with Gasteiger partial charge in [0.15, 0.2) is 0 Å². The first kappa shape index (κ1) is 27.7. The zero-order valence-electron chi connectivity index (χ0n) is 23.1. The predicted molar refractivity (Wildman–Crippen MR) is 143 cm³/mol. The minimum absolute atomic E-state index is 0.0497. The quantitative estimate of drug-likeness (QED) is 0.555. The van der Waals surface area contributed by atoms with Gasteiger partial charge in [0.25, 0.3) is 5.91 Å². The van der Waals surface area contributed by atoms with Crippen LogP contribution >= 0.6 is 0 Å². The van der Waals surface area contributed by atoms with E-state index in [-0.39, 0.29) is 23.5 Å². The van der Waals surface area contributed by atoms with Crippen molar-refractivity contribution in [3.8, 4) is 0 Å². The van der Waals surface area contributed by atoms with Crippen LogP contribution in [0, 0.1) is 13.8 Å². The second-order valence-corrected chi connectivity index (χ2v) is 10.8. The van der Waals surface area contributed by atoms with Crippen molar-refractivity contribution in [3.05, 3.63) is 40.5 Å². The number of aromatic nitrogens is 3. The first-order chi connectivity index (χ1) is 18.0. The molecule has 0 bridgehead atoms. The van der Waals surface area contributed by atoms with E-state index in [1.54, 1.807) is 19.9 Å². The number of anilines is 2. The standard InChI is InChI=1S/C27H38N6O5/c1-16(2)23-24(28-12-19-14-37-9-10-38-19)29-13-20(31-23)25(34)33-8-7-32(15-27(33,5)6)21-11-17(3)22(26(35)36)18(4)30-21/h11,13,16,19H,7-10,12,14-15H2,1-6H3,(H,28,29)(H,35,36). The number of rotatable bonds is 7. The number of aromatic carboxylic acids is 1. The Kier molecular flexibility index (Phi) is 8.17. The van der Waals surface area contributed by atoms with Crippen molar-refractivity contribution in [1.29, 1.82) is 0 Å². The maximum absolute atomic E-state index is 13.6. The fourth-order valence-corrected chi connectivity index (χ4v) is 5.07. The monoisotopic (exact) mass is 526 g/mol. The van der Waals surface area contributed by atoms with E-state index >= 15 is 0 Å². The van der Waals surface area contributed by atoms with Gasteiger partial charge in [0, 0.05) is 26.2 Å². The highest BCUT2D eigenvalue weighted by Gasteiger charge is 2.38. The number of carboxylic acids is 1. The summed E-state index contributed by atoms with van der Waals surface area (Å²) in [6, 6.07) is 1.81. The van der Waals surface area contributed by atoms with Crippen LogP contribution in [-0.2, 0) is 9.47 Å². The van der Waals surface area contributed by atoms with Gasteiger partial charge in [-0.1, -0.05) is 13.8 Å². The molecular formula is C27H38N6O5. The molecule has 2 N–H and O–H groups in total. The zero-order chi connectivity index (χ0) is 27.6. The summed E-state index contributed by atoms with van der Waals surface area (Å²) in [5.41, 5.74) is 1.92. The van der Waals surface area contributed by atoms with E-state index in [0.717, 1.165) is 11.5 Å². The van der Waals surface area contributed by atoms with Crippen LogP contribution < -0.4 is 10.2 Å². The Labute approximate surface area is 223 Å². The number of carboxylic acid groups (broad SMARTS) is 1. The van der Waals surface area contributed by atoms with Gasteiger partial charge < -0.3 is 29.7 Å². The highest BCUT2D eigenvalue weighted by Crippen LogP contribution is 2.29. The molecule has 0 saturated carbocycles. The van der Waals surface area contributed by atoms with E-state index in [1.807, 2.05) is 32.6 Å². The molecule has 2 aromatic rings. The van der Waals surface area contributed by atoms with Gasteiger partial charge in [0.2, 0.25) is 0 Å². The van der Waals surface area contributed by atoms with Crippen molar-refractivity contribution in [2.75, 3.05) is 56.2 Å². The van der Waals surface area contributed by atoms with Gasteiger partial charge in [-0.3, -0.25) is 4.79 Å². The second-order valence-electron chi connectivity index (χ2n) is 10.8. The molecule has 2 aliphatic rings. The number of ether oxygens (including phenoxy) is 2. The van der Waals surface area contributed by atoms with Gasteiger partial charge in [-0.25, -0.2) is 19.7 Å². The Bertz CT molecular complexity index is 1170. The molecule has 1 unspecified atom stereocenters. The lowest BCUT2D eigenvalue weighted by Gasteiger charge is -2.47. The lowest BCUT2D eigenvalue weighted by atomic mass is 9.97. The molecule has 2 aliphatic heterocycles. The Hall–Kier alpha value is -3.31. The fraction of sp³-hybridized carbons (Fsp3) is 0.593. The van der Waals surface area contributed by atoms with Crippen LogP contribution in [0.4, 0.5) is 11.6 Å². The topological polar surface area (TPSA) is 130 Å². The summed E-state index contributed by atoms with van der Waals surface area (Å²) in [6.45, 7) is 15.5. The summed E-state index contributed by atoms with van der Waals surface area (Å²) in [4.78, 5) is 43.0. The minimum Gasteiger partial charge on any atom is -0.478 e. The van der Waals surface area contributed by atoms with E-state index in [0.29, 0.717) is 68.8 Å². The number of carbonyl (C=O) groups excluding carboxylic acids is 1. The third-order valence-electron chi connectivity index (χ3n) is 7.02. The number of hydrogen-bond acceptors (Lipinski definition) is 9. The lowest BCUT2D eigenvalue weighted by Crippen LogP contribution is -2.61. The molecule has 206 valence electrons. The number of nitrogens with one attached hydrogen (secondary N) is 1. The summed E-state index contributed by atoms with van der Waals surface area (Å²) in [6.07, 6.45) is 1.49. The van der Waals surface area contributed by atoms with Crippen molar-refractivity contribution in [3.63, 3.8) is 0 Å².